The van der Waals surface area contributed by atoms with Gasteiger partial charge in [-0.1, -0.05) is 18.2 Å². The molecule has 2 rings (SSSR count). The molecule has 1 saturated heterocycles. The van der Waals surface area contributed by atoms with Crippen LogP contribution in [0.5, 0.6) is 0 Å². The van der Waals surface area contributed by atoms with Gasteiger partial charge < -0.3 is 20.7 Å². The van der Waals surface area contributed by atoms with Gasteiger partial charge in [0.2, 0.25) is 5.91 Å². The Morgan fingerprint density at radius 2 is 1.92 bits per heavy atom. The maximum atomic E-state index is 12.2. The van der Waals surface area contributed by atoms with Crippen LogP contribution < -0.4 is 16.0 Å². The SMILES string of the molecule is COCC1(CNC(=O)CC(C)NC(=O)c2ccccc2)CCNCC1. The van der Waals surface area contributed by atoms with Crippen LogP contribution in [0.3, 0.4) is 0 Å². The van der Waals surface area contributed by atoms with E-state index in [9.17, 15) is 9.59 Å². The number of amides is 2. The van der Waals surface area contributed by atoms with Crippen molar-refractivity contribution in [3.8, 4) is 0 Å². The van der Waals surface area contributed by atoms with E-state index < -0.39 is 0 Å². The van der Waals surface area contributed by atoms with E-state index in [4.69, 9.17) is 4.74 Å². The number of piperidine rings is 1. The number of ether oxygens (including phenoxy) is 1. The normalized spacial score (nSPS) is 17.5. The van der Waals surface area contributed by atoms with Gasteiger partial charge in [0.15, 0.2) is 0 Å². The van der Waals surface area contributed by atoms with Gasteiger partial charge in [-0.15, -0.1) is 0 Å². The molecular weight excluding hydrogens is 318 g/mol. The van der Waals surface area contributed by atoms with Crippen LogP contribution in [0.1, 0.15) is 36.5 Å². The first-order chi connectivity index (χ1) is 12.0. The molecule has 3 N–H and O–H groups in total. The van der Waals surface area contributed by atoms with Crippen molar-refractivity contribution in [3.05, 3.63) is 35.9 Å². The van der Waals surface area contributed by atoms with Crippen molar-refractivity contribution >= 4 is 11.8 Å². The van der Waals surface area contributed by atoms with E-state index >= 15 is 0 Å². The van der Waals surface area contributed by atoms with Crippen molar-refractivity contribution in [1.82, 2.24) is 16.0 Å². The summed E-state index contributed by atoms with van der Waals surface area (Å²) >= 11 is 0. The molecule has 1 aromatic rings. The fourth-order valence-electron chi connectivity index (χ4n) is 3.22. The van der Waals surface area contributed by atoms with Gasteiger partial charge >= 0.3 is 0 Å². The minimum Gasteiger partial charge on any atom is -0.384 e. The summed E-state index contributed by atoms with van der Waals surface area (Å²) in [6.45, 7) is 5.00. The molecule has 1 aromatic carbocycles. The molecule has 2 amide bonds. The zero-order chi connectivity index (χ0) is 18.1. The minimum atomic E-state index is -0.223. The van der Waals surface area contributed by atoms with Crippen LogP contribution in [0.2, 0.25) is 0 Å². The molecule has 6 nitrogen and oxygen atoms in total. The first kappa shape index (κ1) is 19.4. The lowest BCUT2D eigenvalue weighted by molar-refractivity contribution is -0.122. The highest BCUT2D eigenvalue weighted by Crippen LogP contribution is 2.28. The summed E-state index contributed by atoms with van der Waals surface area (Å²) in [7, 11) is 1.70. The highest BCUT2D eigenvalue weighted by Gasteiger charge is 2.32. The molecular formula is C19H29N3O3. The zero-order valence-corrected chi connectivity index (χ0v) is 15.1. The first-order valence-electron chi connectivity index (χ1n) is 8.87. The summed E-state index contributed by atoms with van der Waals surface area (Å²) in [6.07, 6.45) is 2.24. The average Bonchev–Trinajstić information content (AvgIpc) is 2.62. The molecule has 0 spiro atoms. The summed E-state index contributed by atoms with van der Waals surface area (Å²) < 4.78 is 5.36. The zero-order valence-electron chi connectivity index (χ0n) is 15.1. The molecule has 138 valence electrons. The van der Waals surface area contributed by atoms with Crippen LogP contribution >= 0.6 is 0 Å². The fraction of sp³-hybridized carbons (Fsp3) is 0.579. The van der Waals surface area contributed by atoms with Gasteiger partial charge in [-0.25, -0.2) is 0 Å². The Hall–Kier alpha value is -1.92. The van der Waals surface area contributed by atoms with Gasteiger partial charge in [-0.05, 0) is 45.0 Å². The van der Waals surface area contributed by atoms with Crippen LogP contribution in [0.25, 0.3) is 0 Å². The lowest BCUT2D eigenvalue weighted by Gasteiger charge is -2.37. The average molecular weight is 347 g/mol. The van der Waals surface area contributed by atoms with Crippen molar-refractivity contribution in [1.29, 1.82) is 0 Å². The maximum Gasteiger partial charge on any atom is 0.251 e. The number of nitrogens with one attached hydrogen (secondary N) is 3. The Bertz CT molecular complexity index is 551. The van der Waals surface area contributed by atoms with E-state index in [1.54, 1.807) is 19.2 Å². The molecule has 1 unspecified atom stereocenters. The van der Waals surface area contributed by atoms with Crippen molar-refractivity contribution in [3.63, 3.8) is 0 Å². The molecule has 0 saturated carbocycles. The van der Waals surface area contributed by atoms with Gasteiger partial charge in [-0.2, -0.15) is 0 Å². The van der Waals surface area contributed by atoms with Gasteiger partial charge in [0.25, 0.3) is 5.91 Å². The number of methoxy groups -OCH3 is 1. The van der Waals surface area contributed by atoms with Gasteiger partial charge in [-0.3, -0.25) is 9.59 Å². The predicted octanol–water partition coefficient (Wildman–Crippen LogP) is 1.33. The number of carbonyl (C=O) groups excluding carboxylic acids is 2. The topological polar surface area (TPSA) is 79.5 Å². The van der Waals surface area contributed by atoms with E-state index in [0.717, 1.165) is 25.9 Å². The van der Waals surface area contributed by atoms with Crippen LogP contribution in [0.4, 0.5) is 0 Å². The monoisotopic (exact) mass is 347 g/mol. The van der Waals surface area contributed by atoms with Crippen molar-refractivity contribution in [2.24, 2.45) is 5.41 Å². The number of hydrogen-bond donors (Lipinski definition) is 3. The van der Waals surface area contributed by atoms with Crippen LogP contribution in [-0.2, 0) is 9.53 Å². The van der Waals surface area contributed by atoms with Crippen LogP contribution in [0, 0.1) is 5.41 Å². The standard InChI is InChI=1S/C19H29N3O3/c1-15(22-18(24)16-6-4-3-5-7-16)12-17(23)21-13-19(14-25-2)8-10-20-11-9-19/h3-7,15,20H,8-14H2,1-2H3,(H,21,23)(H,22,24). The smallest absolute Gasteiger partial charge is 0.251 e. The van der Waals surface area contributed by atoms with E-state index in [-0.39, 0.29) is 29.7 Å². The number of rotatable bonds is 8. The maximum absolute atomic E-state index is 12.2. The number of carbonyl (C=O) groups is 2. The molecule has 1 aliphatic heterocycles. The lowest BCUT2D eigenvalue weighted by atomic mass is 9.79. The van der Waals surface area contributed by atoms with Crippen LogP contribution in [0.15, 0.2) is 30.3 Å². The second-order valence-corrected chi connectivity index (χ2v) is 6.90. The molecule has 0 aliphatic carbocycles. The van der Waals surface area contributed by atoms with Gasteiger partial charge in [0, 0.05) is 37.1 Å². The third kappa shape index (κ3) is 6.14. The lowest BCUT2D eigenvalue weighted by Crippen LogP contribution is -2.48. The second-order valence-electron chi connectivity index (χ2n) is 6.90. The van der Waals surface area contributed by atoms with Gasteiger partial charge in [0.05, 0.1) is 6.61 Å². The van der Waals surface area contributed by atoms with Crippen molar-refractivity contribution in [2.45, 2.75) is 32.2 Å². The van der Waals surface area contributed by atoms with Crippen LogP contribution in [-0.4, -0.2) is 51.2 Å². The summed E-state index contributed by atoms with van der Waals surface area (Å²) in [6, 6.07) is 8.80. The van der Waals surface area contributed by atoms with E-state index in [1.807, 2.05) is 25.1 Å². The van der Waals surface area contributed by atoms with E-state index in [1.165, 1.54) is 0 Å². The summed E-state index contributed by atoms with van der Waals surface area (Å²) in [5.74, 6) is -0.204. The van der Waals surface area contributed by atoms with Crippen molar-refractivity contribution in [2.75, 3.05) is 33.4 Å². The summed E-state index contributed by atoms with van der Waals surface area (Å²) in [4.78, 5) is 24.4. The highest BCUT2D eigenvalue weighted by molar-refractivity contribution is 5.94. The molecule has 0 bridgehead atoms. The van der Waals surface area contributed by atoms with E-state index in [0.29, 0.717) is 18.7 Å². The third-order valence-electron chi connectivity index (χ3n) is 4.68. The number of benzene rings is 1. The van der Waals surface area contributed by atoms with Gasteiger partial charge in [0.1, 0.15) is 0 Å². The minimum absolute atomic E-state index is 0.00614. The highest BCUT2D eigenvalue weighted by atomic mass is 16.5. The molecule has 0 aromatic heterocycles. The van der Waals surface area contributed by atoms with E-state index in [2.05, 4.69) is 16.0 Å². The van der Waals surface area contributed by atoms with Crippen molar-refractivity contribution < 1.29 is 14.3 Å². The largest absolute Gasteiger partial charge is 0.384 e. The Labute approximate surface area is 149 Å². The molecule has 0 radical (unpaired) electrons. The number of hydrogen-bond acceptors (Lipinski definition) is 4. The Balaban J connectivity index is 1.77. The second kappa shape index (κ2) is 9.53. The first-order valence-corrected chi connectivity index (χ1v) is 8.87. The summed E-state index contributed by atoms with van der Waals surface area (Å²) in [5.41, 5.74) is 0.607. The fourth-order valence-corrected chi connectivity index (χ4v) is 3.22. The molecule has 1 atom stereocenters. The quantitative estimate of drug-likeness (QED) is 0.663. The predicted molar refractivity (Wildman–Crippen MR) is 97.4 cm³/mol. The molecule has 1 heterocycles. The molecule has 1 fully saturated rings. The molecule has 6 heteroatoms. The Morgan fingerprint density at radius 3 is 2.56 bits per heavy atom. The molecule has 25 heavy (non-hydrogen) atoms. The summed E-state index contributed by atoms with van der Waals surface area (Å²) in [5, 5.41) is 9.23. The Morgan fingerprint density at radius 1 is 1.24 bits per heavy atom. The molecule has 1 aliphatic rings. The third-order valence-corrected chi connectivity index (χ3v) is 4.68. The Kier molecular flexibility index (Phi) is 7.40.